The minimum absolute atomic E-state index is 0.678. The predicted octanol–water partition coefficient (Wildman–Crippen LogP) is 2.32. The molecule has 2 unspecified atom stereocenters. The molecule has 1 saturated carbocycles. The molecule has 1 aliphatic carbocycles. The lowest BCUT2D eigenvalue weighted by Gasteiger charge is -2.27. The molecule has 1 aliphatic heterocycles. The topological polar surface area (TPSA) is 18.5 Å². The highest BCUT2D eigenvalue weighted by Crippen LogP contribution is 2.26. The van der Waals surface area contributed by atoms with Crippen LogP contribution in [0.25, 0.3) is 0 Å². The van der Waals surface area contributed by atoms with Crippen molar-refractivity contribution in [1.29, 1.82) is 0 Å². The highest BCUT2D eigenvalue weighted by Gasteiger charge is 2.29. The summed E-state index contributed by atoms with van der Waals surface area (Å²) in [6.45, 7) is 10.7. The molecule has 19 heavy (non-hydrogen) atoms. The Morgan fingerprint density at radius 1 is 1.11 bits per heavy atom. The summed E-state index contributed by atoms with van der Waals surface area (Å²) >= 11 is 0. The van der Waals surface area contributed by atoms with Crippen LogP contribution in [0.5, 0.6) is 0 Å². The van der Waals surface area contributed by atoms with E-state index in [4.69, 9.17) is 0 Å². The first-order valence-electron chi connectivity index (χ1n) is 8.27. The maximum atomic E-state index is 3.82. The van der Waals surface area contributed by atoms with Crippen molar-refractivity contribution in [3.8, 4) is 0 Å². The Kier molecular flexibility index (Phi) is 5.67. The summed E-state index contributed by atoms with van der Waals surface area (Å²) in [7, 11) is 2.29. The van der Waals surface area contributed by atoms with Crippen LogP contribution in [0.3, 0.4) is 0 Å². The van der Waals surface area contributed by atoms with Crippen molar-refractivity contribution in [2.24, 2.45) is 0 Å². The van der Waals surface area contributed by atoms with Crippen LogP contribution in [-0.4, -0.2) is 60.6 Å². The summed E-state index contributed by atoms with van der Waals surface area (Å²) in [4.78, 5) is 5.19. The van der Waals surface area contributed by atoms with E-state index < -0.39 is 0 Å². The molecular weight excluding hydrogens is 234 g/mol. The van der Waals surface area contributed by atoms with E-state index >= 15 is 0 Å². The maximum absolute atomic E-state index is 3.82. The molecule has 0 radical (unpaired) electrons. The standard InChI is InChI=1S/C16H33N3/c1-13(2)19-10-5-6-15(9-11-19)17-12-14(3)18(4)16-7-8-16/h13-17H,5-12H2,1-4H3. The minimum Gasteiger partial charge on any atom is -0.312 e. The first kappa shape index (κ1) is 15.3. The molecule has 1 N–H and O–H groups in total. The third kappa shape index (κ3) is 4.73. The Morgan fingerprint density at radius 3 is 2.47 bits per heavy atom. The smallest absolute Gasteiger partial charge is 0.0192 e. The van der Waals surface area contributed by atoms with Gasteiger partial charge in [0.2, 0.25) is 0 Å². The Balaban J connectivity index is 1.68. The first-order valence-corrected chi connectivity index (χ1v) is 8.27. The molecule has 1 heterocycles. The Hall–Kier alpha value is -0.120. The number of likely N-dealkylation sites (tertiary alicyclic amines) is 1. The van der Waals surface area contributed by atoms with Gasteiger partial charge in [0, 0.05) is 30.7 Å². The third-order valence-electron chi connectivity index (χ3n) is 5.01. The molecule has 0 aromatic rings. The predicted molar refractivity (Wildman–Crippen MR) is 82.6 cm³/mol. The Labute approximate surface area is 119 Å². The van der Waals surface area contributed by atoms with Gasteiger partial charge in [0.15, 0.2) is 0 Å². The number of nitrogens with one attached hydrogen (secondary N) is 1. The van der Waals surface area contributed by atoms with Gasteiger partial charge in [-0.3, -0.25) is 4.90 Å². The second-order valence-electron chi connectivity index (χ2n) is 6.91. The molecule has 0 amide bonds. The normalized spacial score (nSPS) is 27.8. The van der Waals surface area contributed by atoms with Crippen molar-refractivity contribution in [1.82, 2.24) is 15.1 Å². The van der Waals surface area contributed by atoms with Gasteiger partial charge in [0.1, 0.15) is 0 Å². The summed E-state index contributed by atoms with van der Waals surface area (Å²) in [5.41, 5.74) is 0. The van der Waals surface area contributed by atoms with E-state index in [9.17, 15) is 0 Å². The van der Waals surface area contributed by atoms with Crippen LogP contribution in [0, 0.1) is 0 Å². The zero-order valence-corrected chi connectivity index (χ0v) is 13.4. The fraction of sp³-hybridized carbons (Fsp3) is 1.00. The van der Waals surface area contributed by atoms with Crippen molar-refractivity contribution in [2.45, 2.75) is 77.0 Å². The van der Waals surface area contributed by atoms with E-state index in [2.05, 4.69) is 42.9 Å². The lowest BCUT2D eigenvalue weighted by Crippen LogP contribution is -2.43. The average Bonchev–Trinajstić information content (AvgIpc) is 3.20. The van der Waals surface area contributed by atoms with Crippen LogP contribution in [0.15, 0.2) is 0 Å². The monoisotopic (exact) mass is 267 g/mol. The van der Waals surface area contributed by atoms with Crippen LogP contribution in [0.1, 0.15) is 52.9 Å². The fourth-order valence-corrected chi connectivity index (χ4v) is 3.16. The van der Waals surface area contributed by atoms with E-state index in [0.29, 0.717) is 12.1 Å². The molecule has 2 fully saturated rings. The molecule has 2 aliphatic rings. The average molecular weight is 267 g/mol. The minimum atomic E-state index is 0.678. The van der Waals surface area contributed by atoms with Crippen LogP contribution in [-0.2, 0) is 0 Å². The van der Waals surface area contributed by atoms with Gasteiger partial charge in [-0.1, -0.05) is 0 Å². The van der Waals surface area contributed by atoms with Crippen molar-refractivity contribution in [2.75, 3.05) is 26.7 Å². The second-order valence-corrected chi connectivity index (χ2v) is 6.91. The summed E-state index contributed by atoms with van der Waals surface area (Å²) in [6, 6.07) is 3.00. The molecule has 0 aromatic carbocycles. The SMILES string of the molecule is CC(C)N1CCCC(NCC(C)N(C)C2CC2)CC1. The van der Waals surface area contributed by atoms with E-state index in [0.717, 1.165) is 18.6 Å². The largest absolute Gasteiger partial charge is 0.312 e. The molecule has 0 aromatic heterocycles. The van der Waals surface area contributed by atoms with Crippen molar-refractivity contribution >= 4 is 0 Å². The highest BCUT2D eigenvalue weighted by molar-refractivity contribution is 4.86. The molecule has 2 rings (SSSR count). The van der Waals surface area contributed by atoms with Gasteiger partial charge in [-0.2, -0.15) is 0 Å². The van der Waals surface area contributed by atoms with Crippen LogP contribution in [0.4, 0.5) is 0 Å². The number of rotatable bonds is 6. The van der Waals surface area contributed by atoms with Crippen LogP contribution >= 0.6 is 0 Å². The number of likely N-dealkylation sites (N-methyl/N-ethyl adjacent to an activating group) is 1. The lowest BCUT2D eigenvalue weighted by molar-refractivity contribution is 0.222. The van der Waals surface area contributed by atoms with Crippen molar-refractivity contribution in [3.05, 3.63) is 0 Å². The summed E-state index contributed by atoms with van der Waals surface area (Å²) in [6.07, 6.45) is 6.84. The van der Waals surface area contributed by atoms with E-state index in [1.54, 1.807) is 0 Å². The summed E-state index contributed by atoms with van der Waals surface area (Å²) in [5, 5.41) is 3.82. The van der Waals surface area contributed by atoms with Crippen LogP contribution in [0.2, 0.25) is 0 Å². The molecule has 1 saturated heterocycles. The van der Waals surface area contributed by atoms with Crippen LogP contribution < -0.4 is 5.32 Å². The number of hydrogen-bond acceptors (Lipinski definition) is 3. The van der Waals surface area contributed by atoms with Gasteiger partial charge >= 0.3 is 0 Å². The highest BCUT2D eigenvalue weighted by atomic mass is 15.2. The van der Waals surface area contributed by atoms with Gasteiger partial charge < -0.3 is 10.2 Å². The zero-order valence-electron chi connectivity index (χ0n) is 13.4. The van der Waals surface area contributed by atoms with Crippen molar-refractivity contribution < 1.29 is 0 Å². The van der Waals surface area contributed by atoms with E-state index in [1.165, 1.54) is 45.2 Å². The molecule has 112 valence electrons. The second kappa shape index (κ2) is 7.05. The van der Waals surface area contributed by atoms with Gasteiger partial charge in [-0.15, -0.1) is 0 Å². The Morgan fingerprint density at radius 2 is 1.84 bits per heavy atom. The summed E-state index contributed by atoms with van der Waals surface area (Å²) in [5.74, 6) is 0. The van der Waals surface area contributed by atoms with E-state index in [-0.39, 0.29) is 0 Å². The van der Waals surface area contributed by atoms with Gasteiger partial charge in [-0.05, 0) is 73.0 Å². The van der Waals surface area contributed by atoms with Gasteiger partial charge in [-0.25, -0.2) is 0 Å². The molecular formula is C16H33N3. The molecule has 3 heteroatoms. The summed E-state index contributed by atoms with van der Waals surface area (Å²) < 4.78 is 0. The van der Waals surface area contributed by atoms with Gasteiger partial charge in [0.25, 0.3) is 0 Å². The molecule has 3 nitrogen and oxygen atoms in total. The lowest BCUT2D eigenvalue weighted by atomic mass is 10.1. The molecule has 0 bridgehead atoms. The number of nitrogens with zero attached hydrogens (tertiary/aromatic N) is 2. The van der Waals surface area contributed by atoms with E-state index in [1.807, 2.05) is 0 Å². The first-order chi connectivity index (χ1) is 9.08. The number of hydrogen-bond donors (Lipinski definition) is 1. The third-order valence-corrected chi connectivity index (χ3v) is 5.01. The maximum Gasteiger partial charge on any atom is 0.0192 e. The van der Waals surface area contributed by atoms with Crippen molar-refractivity contribution in [3.63, 3.8) is 0 Å². The van der Waals surface area contributed by atoms with Gasteiger partial charge in [0.05, 0.1) is 0 Å². The quantitative estimate of drug-likeness (QED) is 0.797. The molecule has 0 spiro atoms. The Bertz CT molecular complexity index is 263. The fourth-order valence-electron chi connectivity index (χ4n) is 3.16. The zero-order chi connectivity index (χ0) is 13.8. The molecule has 2 atom stereocenters.